The number of esters is 2. The molecule has 0 aromatic carbocycles. The molecule has 4 rings (SSSR count). The smallest absolute Gasteiger partial charge is 0.347 e. The van der Waals surface area contributed by atoms with Crippen LogP contribution in [0, 0.1) is 5.92 Å². The maximum atomic E-state index is 11.2. The van der Waals surface area contributed by atoms with E-state index in [1.54, 1.807) is 0 Å². The Kier molecular flexibility index (Phi) is 0.942. The topological polar surface area (TPSA) is 52.6 Å². The van der Waals surface area contributed by atoms with Crippen LogP contribution in [0.15, 0.2) is 0 Å². The van der Waals surface area contributed by atoms with Crippen molar-refractivity contribution in [3.05, 3.63) is 0 Å². The van der Waals surface area contributed by atoms with E-state index >= 15 is 0 Å². The second kappa shape index (κ2) is 1.71. The molecule has 2 bridgehead atoms. The normalized spacial score (nSPS) is 49.7. The van der Waals surface area contributed by atoms with Crippen LogP contribution in [-0.4, -0.2) is 23.6 Å². The minimum atomic E-state index is -0.847. The predicted octanol–water partition coefficient (Wildman–Crippen LogP) is 0.00750. The highest BCUT2D eigenvalue weighted by molar-refractivity contribution is 6.02. The zero-order valence-electron chi connectivity index (χ0n) is 6.41. The van der Waals surface area contributed by atoms with E-state index in [0.717, 1.165) is 12.8 Å². The number of carbonyl (C=O) groups is 2. The summed E-state index contributed by atoms with van der Waals surface area (Å²) in [5.74, 6) is -1.17. The first-order chi connectivity index (χ1) is 5.72. The quantitative estimate of drug-likeness (QED) is 0.377. The summed E-state index contributed by atoms with van der Waals surface area (Å²) < 4.78 is 9.92. The molecule has 3 heterocycles. The van der Waals surface area contributed by atoms with Crippen LogP contribution in [0.1, 0.15) is 19.3 Å². The van der Waals surface area contributed by atoms with Gasteiger partial charge in [0.1, 0.15) is 0 Å². The van der Waals surface area contributed by atoms with Gasteiger partial charge in [0.25, 0.3) is 0 Å². The van der Waals surface area contributed by atoms with E-state index < -0.39 is 17.5 Å². The lowest BCUT2D eigenvalue weighted by Crippen LogP contribution is -2.61. The van der Waals surface area contributed by atoms with Crippen LogP contribution in [0.25, 0.3) is 0 Å². The SMILES string of the molecule is O=C1OC(=O)C23CC(CCC12)O3. The second-order valence-electron chi connectivity index (χ2n) is 3.67. The molecular weight excluding hydrogens is 160 g/mol. The molecule has 3 saturated heterocycles. The number of hydrogen-bond acceptors (Lipinski definition) is 4. The molecule has 64 valence electrons. The van der Waals surface area contributed by atoms with Crippen molar-refractivity contribution in [2.45, 2.75) is 31.0 Å². The first kappa shape index (κ1) is 6.60. The molecule has 0 N–H and O–H groups in total. The standard InChI is InChI=1S/C8H8O4/c9-6-5-2-1-4-3-8(5,12-4)7(10)11-6/h4-5H,1-3H2. The van der Waals surface area contributed by atoms with Crippen molar-refractivity contribution in [3.8, 4) is 0 Å². The van der Waals surface area contributed by atoms with Gasteiger partial charge in [0, 0.05) is 6.42 Å². The Labute approximate surface area is 68.8 Å². The van der Waals surface area contributed by atoms with E-state index in [9.17, 15) is 9.59 Å². The van der Waals surface area contributed by atoms with Gasteiger partial charge >= 0.3 is 11.9 Å². The van der Waals surface area contributed by atoms with Gasteiger partial charge in [-0.1, -0.05) is 0 Å². The molecule has 4 aliphatic rings. The number of ether oxygens (including phenoxy) is 2. The van der Waals surface area contributed by atoms with Gasteiger partial charge in [-0.3, -0.25) is 4.79 Å². The molecule has 1 saturated carbocycles. The van der Waals surface area contributed by atoms with E-state index in [1.165, 1.54) is 0 Å². The van der Waals surface area contributed by atoms with E-state index in [4.69, 9.17) is 4.74 Å². The zero-order valence-corrected chi connectivity index (χ0v) is 6.41. The summed E-state index contributed by atoms with van der Waals surface area (Å²) in [6, 6.07) is 0. The molecule has 4 fully saturated rings. The first-order valence-corrected chi connectivity index (χ1v) is 4.16. The minimum Gasteiger partial charge on any atom is -0.391 e. The molecule has 3 aliphatic heterocycles. The summed E-state index contributed by atoms with van der Waals surface area (Å²) in [5, 5.41) is 0. The fourth-order valence-corrected chi connectivity index (χ4v) is 2.43. The van der Waals surface area contributed by atoms with Gasteiger partial charge in [-0.25, -0.2) is 4.79 Å². The Hall–Kier alpha value is -0.900. The highest BCUT2D eigenvalue weighted by Crippen LogP contribution is 2.52. The minimum absolute atomic E-state index is 0.194. The average molecular weight is 168 g/mol. The zero-order chi connectivity index (χ0) is 8.34. The molecule has 4 nitrogen and oxygen atoms in total. The van der Waals surface area contributed by atoms with Gasteiger partial charge < -0.3 is 9.47 Å². The molecule has 1 aliphatic carbocycles. The largest absolute Gasteiger partial charge is 0.391 e. The monoisotopic (exact) mass is 168 g/mol. The predicted molar refractivity (Wildman–Crippen MR) is 36.0 cm³/mol. The number of cyclic esters (lactones) is 2. The van der Waals surface area contributed by atoms with Crippen LogP contribution in [-0.2, 0) is 19.1 Å². The molecule has 12 heavy (non-hydrogen) atoms. The van der Waals surface area contributed by atoms with E-state index in [-0.39, 0.29) is 12.0 Å². The summed E-state index contributed by atoms with van der Waals surface area (Å²) in [6.07, 6.45) is 2.51. The summed E-state index contributed by atoms with van der Waals surface area (Å²) in [5.41, 5.74) is -0.847. The van der Waals surface area contributed by atoms with Crippen LogP contribution < -0.4 is 0 Å². The van der Waals surface area contributed by atoms with Gasteiger partial charge in [0.2, 0.25) is 0 Å². The lowest BCUT2D eigenvalue weighted by molar-refractivity contribution is -0.242. The fraction of sp³-hybridized carbons (Fsp3) is 0.750. The van der Waals surface area contributed by atoms with Crippen LogP contribution in [0.2, 0.25) is 0 Å². The Morgan fingerprint density at radius 2 is 2.08 bits per heavy atom. The van der Waals surface area contributed by atoms with Gasteiger partial charge in [-0.15, -0.1) is 0 Å². The highest BCUT2D eigenvalue weighted by Gasteiger charge is 2.68. The molecule has 1 spiro atoms. The van der Waals surface area contributed by atoms with E-state index in [0.29, 0.717) is 6.42 Å². The van der Waals surface area contributed by atoms with Gasteiger partial charge in [0.15, 0.2) is 5.60 Å². The highest BCUT2D eigenvalue weighted by atomic mass is 16.6. The Morgan fingerprint density at radius 1 is 1.33 bits per heavy atom. The molecule has 0 amide bonds. The second-order valence-corrected chi connectivity index (χ2v) is 3.67. The lowest BCUT2D eigenvalue weighted by Gasteiger charge is -2.49. The summed E-state index contributed by atoms with van der Waals surface area (Å²) in [4.78, 5) is 22.3. The van der Waals surface area contributed by atoms with Crippen molar-refractivity contribution in [3.63, 3.8) is 0 Å². The third kappa shape index (κ3) is 0.513. The van der Waals surface area contributed by atoms with Crippen molar-refractivity contribution >= 4 is 11.9 Å². The van der Waals surface area contributed by atoms with Crippen LogP contribution in [0.4, 0.5) is 0 Å². The number of carbonyl (C=O) groups excluding carboxylic acids is 2. The fourth-order valence-electron chi connectivity index (χ4n) is 2.43. The Morgan fingerprint density at radius 3 is 2.75 bits per heavy atom. The summed E-state index contributed by atoms with van der Waals surface area (Å²) >= 11 is 0. The third-order valence-electron chi connectivity index (χ3n) is 3.07. The van der Waals surface area contributed by atoms with Crippen LogP contribution in [0.5, 0.6) is 0 Å². The van der Waals surface area contributed by atoms with Crippen molar-refractivity contribution in [2.24, 2.45) is 5.92 Å². The average Bonchev–Trinajstić information content (AvgIpc) is 2.26. The lowest BCUT2D eigenvalue weighted by atomic mass is 9.70. The first-order valence-electron chi connectivity index (χ1n) is 4.16. The molecule has 0 aromatic heterocycles. The molecule has 0 aromatic rings. The molecule has 4 heteroatoms. The summed E-state index contributed by atoms with van der Waals surface area (Å²) in [6.45, 7) is 0. The van der Waals surface area contributed by atoms with Gasteiger partial charge in [-0.2, -0.15) is 0 Å². The van der Waals surface area contributed by atoms with Gasteiger partial charge in [-0.05, 0) is 12.8 Å². The molecule has 3 unspecified atom stereocenters. The van der Waals surface area contributed by atoms with E-state index in [1.807, 2.05) is 0 Å². The molecule has 3 atom stereocenters. The molecule has 0 radical (unpaired) electrons. The van der Waals surface area contributed by atoms with Crippen LogP contribution in [0.3, 0.4) is 0 Å². The number of hydrogen-bond donors (Lipinski definition) is 0. The number of rotatable bonds is 0. The van der Waals surface area contributed by atoms with Crippen molar-refractivity contribution < 1.29 is 19.1 Å². The van der Waals surface area contributed by atoms with E-state index in [2.05, 4.69) is 4.74 Å². The van der Waals surface area contributed by atoms with Gasteiger partial charge in [0.05, 0.1) is 12.0 Å². The summed E-state index contributed by atoms with van der Waals surface area (Å²) in [7, 11) is 0. The maximum Gasteiger partial charge on any atom is 0.347 e. The number of fused-ring (bicyclic) bond motifs is 1. The van der Waals surface area contributed by atoms with Crippen LogP contribution >= 0.6 is 0 Å². The molecular formula is C8H8O4. The third-order valence-corrected chi connectivity index (χ3v) is 3.07. The van der Waals surface area contributed by atoms with Crippen molar-refractivity contribution in [2.75, 3.05) is 0 Å². The van der Waals surface area contributed by atoms with Crippen molar-refractivity contribution in [1.82, 2.24) is 0 Å². The van der Waals surface area contributed by atoms with Crippen molar-refractivity contribution in [1.29, 1.82) is 0 Å². The maximum absolute atomic E-state index is 11.2. The Balaban J connectivity index is 2.04. The Bertz CT molecular complexity index is 277.